The number of aromatic nitrogens is 1. The first-order valence-corrected chi connectivity index (χ1v) is 12.1. The van der Waals surface area contributed by atoms with E-state index in [2.05, 4.69) is 15.6 Å². The van der Waals surface area contributed by atoms with Crippen LogP contribution in [0.3, 0.4) is 0 Å². The Balaban J connectivity index is 2.24. The number of allylic oxidation sites excluding steroid dienone is 2. The first-order valence-electron chi connectivity index (χ1n) is 12.1. The number of hydrogen-bond donors (Lipinski definition) is 4. The van der Waals surface area contributed by atoms with Gasteiger partial charge < -0.3 is 30.0 Å². The Hall–Kier alpha value is -3.24. The molecule has 0 saturated carbocycles. The van der Waals surface area contributed by atoms with Crippen molar-refractivity contribution < 1.29 is 33.8 Å². The summed E-state index contributed by atoms with van der Waals surface area (Å²) in [4.78, 5) is 41.5. The predicted molar refractivity (Wildman–Crippen MR) is 133 cm³/mol. The summed E-state index contributed by atoms with van der Waals surface area (Å²) in [7, 11) is 0. The molecule has 2 rings (SSSR count). The fourth-order valence-corrected chi connectivity index (χ4v) is 3.73. The van der Waals surface area contributed by atoms with Gasteiger partial charge in [0.1, 0.15) is 18.4 Å². The summed E-state index contributed by atoms with van der Waals surface area (Å²) < 4.78 is 10.9. The Morgan fingerprint density at radius 3 is 2.56 bits per heavy atom. The third kappa shape index (κ3) is 9.43. The standard InChI is InChI=1S/C26H37N3O7/c1-15(2)24-17(4)8-9-22(32)27-10-6-7-16(3)11-19(30)12-20(31)13-23-29-21(14-35-23)25(33)28-18(5)26(34)36-24/h6-9,11,14-15,17-20,24,30-31H,10,12-13H2,1-5H3,(H,27,32)(H,28,33)/t17-,18-,19-,20-,24-/m1/s1. The third-order valence-corrected chi connectivity index (χ3v) is 5.62. The van der Waals surface area contributed by atoms with Gasteiger partial charge in [-0.3, -0.25) is 9.59 Å². The molecule has 0 fully saturated rings. The number of aliphatic hydroxyl groups is 2. The van der Waals surface area contributed by atoms with E-state index in [4.69, 9.17) is 9.15 Å². The summed E-state index contributed by atoms with van der Waals surface area (Å²) in [5, 5.41) is 25.8. The van der Waals surface area contributed by atoms with Crippen LogP contribution in [0.1, 0.15) is 57.4 Å². The monoisotopic (exact) mass is 503 g/mol. The number of cyclic esters (lactones) is 1. The maximum absolute atomic E-state index is 12.7. The summed E-state index contributed by atoms with van der Waals surface area (Å²) in [6.07, 6.45) is 6.98. The molecule has 5 atom stereocenters. The molecule has 0 aromatic carbocycles. The maximum atomic E-state index is 12.7. The molecule has 4 N–H and O–H groups in total. The molecule has 0 spiro atoms. The zero-order valence-electron chi connectivity index (χ0n) is 21.4. The van der Waals surface area contributed by atoms with Gasteiger partial charge in [-0.25, -0.2) is 9.78 Å². The number of amides is 2. The Bertz CT molecular complexity index is 995. The van der Waals surface area contributed by atoms with Crippen molar-refractivity contribution in [3.63, 3.8) is 0 Å². The van der Waals surface area contributed by atoms with Crippen molar-refractivity contribution >= 4 is 17.8 Å². The van der Waals surface area contributed by atoms with Crippen molar-refractivity contribution in [2.45, 2.75) is 71.8 Å². The number of fused-ring (bicyclic) bond motifs is 2. The lowest BCUT2D eigenvalue weighted by Crippen LogP contribution is -2.42. The Morgan fingerprint density at radius 1 is 1.14 bits per heavy atom. The Morgan fingerprint density at radius 2 is 1.86 bits per heavy atom. The van der Waals surface area contributed by atoms with Crippen LogP contribution in [-0.2, 0) is 20.7 Å². The van der Waals surface area contributed by atoms with Crippen molar-refractivity contribution in [2.75, 3.05) is 6.54 Å². The minimum Gasteiger partial charge on any atom is -0.460 e. The second-order valence-corrected chi connectivity index (χ2v) is 9.40. The average molecular weight is 504 g/mol. The topological polar surface area (TPSA) is 151 Å². The molecule has 198 valence electrons. The minimum absolute atomic E-state index is 0.00233. The number of hydrogen-bond acceptors (Lipinski definition) is 8. The van der Waals surface area contributed by atoms with Crippen LogP contribution in [0.5, 0.6) is 0 Å². The van der Waals surface area contributed by atoms with Crippen LogP contribution in [0.15, 0.2) is 46.6 Å². The van der Waals surface area contributed by atoms with Gasteiger partial charge in [0.2, 0.25) is 5.91 Å². The van der Waals surface area contributed by atoms with E-state index in [1.165, 1.54) is 13.0 Å². The van der Waals surface area contributed by atoms with Gasteiger partial charge in [-0.1, -0.05) is 50.6 Å². The van der Waals surface area contributed by atoms with E-state index < -0.39 is 36.2 Å². The average Bonchev–Trinajstić information content (AvgIpc) is 3.25. The summed E-state index contributed by atoms with van der Waals surface area (Å²) >= 11 is 0. The smallest absolute Gasteiger partial charge is 0.328 e. The van der Waals surface area contributed by atoms with Crippen molar-refractivity contribution in [3.8, 4) is 0 Å². The molecular weight excluding hydrogens is 466 g/mol. The lowest BCUT2D eigenvalue weighted by Gasteiger charge is -2.27. The lowest BCUT2D eigenvalue weighted by atomic mass is 9.94. The van der Waals surface area contributed by atoms with Crippen LogP contribution in [-0.4, -0.2) is 63.9 Å². The number of ether oxygens (including phenoxy) is 1. The highest BCUT2D eigenvalue weighted by Gasteiger charge is 2.28. The Kier molecular flexibility index (Phi) is 11.1. The van der Waals surface area contributed by atoms with Crippen molar-refractivity contribution in [1.29, 1.82) is 0 Å². The zero-order chi connectivity index (χ0) is 26.8. The number of carbonyl (C=O) groups is 3. The van der Waals surface area contributed by atoms with Crippen LogP contribution in [0, 0.1) is 11.8 Å². The molecule has 1 aliphatic heterocycles. The predicted octanol–water partition coefficient (Wildman–Crippen LogP) is 1.84. The number of rotatable bonds is 1. The zero-order valence-corrected chi connectivity index (χ0v) is 21.4. The van der Waals surface area contributed by atoms with Crippen LogP contribution in [0.2, 0.25) is 0 Å². The molecule has 2 amide bonds. The molecule has 2 bridgehead atoms. The second-order valence-electron chi connectivity index (χ2n) is 9.40. The second kappa shape index (κ2) is 13.7. The van der Waals surface area contributed by atoms with Gasteiger partial charge in [-0.2, -0.15) is 0 Å². The first-order chi connectivity index (χ1) is 17.0. The maximum Gasteiger partial charge on any atom is 0.328 e. The molecule has 36 heavy (non-hydrogen) atoms. The van der Waals surface area contributed by atoms with Crippen LogP contribution >= 0.6 is 0 Å². The van der Waals surface area contributed by atoms with Gasteiger partial charge in [-0.15, -0.1) is 0 Å². The number of aliphatic hydroxyl groups excluding tert-OH is 2. The number of carbonyl (C=O) groups excluding carboxylic acids is 3. The van der Waals surface area contributed by atoms with E-state index in [-0.39, 0.29) is 48.7 Å². The van der Waals surface area contributed by atoms with E-state index in [0.29, 0.717) is 0 Å². The van der Waals surface area contributed by atoms with Crippen molar-refractivity contribution in [1.82, 2.24) is 15.6 Å². The molecule has 2 heterocycles. The van der Waals surface area contributed by atoms with E-state index >= 15 is 0 Å². The molecule has 10 nitrogen and oxygen atoms in total. The van der Waals surface area contributed by atoms with Crippen molar-refractivity contribution in [2.24, 2.45) is 11.8 Å². The highest BCUT2D eigenvalue weighted by atomic mass is 16.5. The minimum atomic E-state index is -0.959. The van der Waals surface area contributed by atoms with Gasteiger partial charge >= 0.3 is 5.97 Å². The number of nitrogens with one attached hydrogen (secondary N) is 2. The molecule has 1 aliphatic rings. The van der Waals surface area contributed by atoms with Crippen LogP contribution in [0.25, 0.3) is 0 Å². The van der Waals surface area contributed by atoms with E-state index in [0.717, 1.165) is 11.8 Å². The van der Waals surface area contributed by atoms with E-state index in [9.17, 15) is 24.6 Å². The Labute approximate surface area is 211 Å². The summed E-state index contributed by atoms with van der Waals surface area (Å²) in [6, 6.07) is -0.956. The highest BCUT2D eigenvalue weighted by Crippen LogP contribution is 2.19. The van der Waals surface area contributed by atoms with Gasteiger partial charge in [-0.05, 0) is 25.8 Å². The molecule has 0 saturated heterocycles. The van der Waals surface area contributed by atoms with Gasteiger partial charge in [0, 0.05) is 18.9 Å². The molecule has 1 aromatic rings. The number of oxazole rings is 1. The third-order valence-electron chi connectivity index (χ3n) is 5.62. The molecule has 10 heteroatoms. The van der Waals surface area contributed by atoms with Crippen LogP contribution in [0.4, 0.5) is 0 Å². The summed E-state index contributed by atoms with van der Waals surface area (Å²) in [5.74, 6) is -1.70. The lowest BCUT2D eigenvalue weighted by molar-refractivity contribution is -0.155. The van der Waals surface area contributed by atoms with E-state index in [1.807, 2.05) is 20.8 Å². The molecule has 1 aromatic heterocycles. The van der Waals surface area contributed by atoms with Crippen LogP contribution < -0.4 is 10.6 Å². The van der Waals surface area contributed by atoms with Gasteiger partial charge in [0.25, 0.3) is 5.91 Å². The molecule has 0 aliphatic carbocycles. The molecular formula is C26H37N3O7. The normalized spacial score (nSPS) is 27.7. The first kappa shape index (κ1) is 29.0. The van der Waals surface area contributed by atoms with Gasteiger partial charge in [0.05, 0.1) is 18.6 Å². The fraction of sp³-hybridized carbons (Fsp3) is 0.538. The number of nitrogens with zero attached hydrogens (tertiary/aromatic N) is 1. The van der Waals surface area contributed by atoms with Crippen molar-refractivity contribution in [3.05, 3.63) is 53.8 Å². The molecule has 0 unspecified atom stereocenters. The quantitative estimate of drug-likeness (QED) is 0.424. The SMILES string of the molecule is CC1=C[C@@H](O)C[C@@H](O)Cc2nc(co2)C(=O)N[C@H](C)C(=O)O[C@H](C(C)C)[C@H](C)C=CC(=O)NCC=C1. The summed E-state index contributed by atoms with van der Waals surface area (Å²) in [5.41, 5.74) is 0.719. The number of esters is 1. The fourth-order valence-electron chi connectivity index (χ4n) is 3.73. The highest BCUT2D eigenvalue weighted by molar-refractivity contribution is 5.94. The molecule has 0 radical (unpaired) electrons. The largest absolute Gasteiger partial charge is 0.460 e. The summed E-state index contributed by atoms with van der Waals surface area (Å²) in [6.45, 7) is 9.24. The van der Waals surface area contributed by atoms with Gasteiger partial charge in [0.15, 0.2) is 11.6 Å². The van der Waals surface area contributed by atoms with E-state index in [1.54, 1.807) is 31.2 Å².